The lowest BCUT2D eigenvalue weighted by Gasteiger charge is -2.27. The maximum absolute atomic E-state index is 3.81. The van der Waals surface area contributed by atoms with Gasteiger partial charge in [0.1, 0.15) is 0 Å². The molecule has 0 bridgehead atoms. The summed E-state index contributed by atoms with van der Waals surface area (Å²) < 4.78 is 0. The van der Waals surface area contributed by atoms with Gasteiger partial charge >= 0.3 is 0 Å². The quantitative estimate of drug-likeness (QED) is 0.578. The molecule has 1 aromatic carbocycles. The zero-order chi connectivity index (χ0) is 14.8. The molecular formula is C19H23N. The van der Waals surface area contributed by atoms with Crippen LogP contribution in [0.15, 0.2) is 91.3 Å². The molecular weight excluding hydrogens is 242 g/mol. The van der Waals surface area contributed by atoms with Crippen molar-refractivity contribution in [3.05, 3.63) is 91.3 Å². The smallest absolute Gasteiger partial charge is 0.0455 e. The topological polar surface area (TPSA) is 3.24 Å². The molecule has 0 fully saturated rings. The fraction of sp³-hybridized carbons (Fsp3) is 0.158. The van der Waals surface area contributed by atoms with Crippen molar-refractivity contribution in [1.29, 1.82) is 0 Å². The molecule has 0 aliphatic rings. The molecule has 104 valence electrons. The van der Waals surface area contributed by atoms with Gasteiger partial charge in [-0.05, 0) is 37.6 Å². The van der Waals surface area contributed by atoms with E-state index >= 15 is 0 Å². The van der Waals surface area contributed by atoms with Crippen molar-refractivity contribution in [2.75, 3.05) is 4.90 Å². The summed E-state index contributed by atoms with van der Waals surface area (Å²) in [6.07, 6.45) is 12.6. The van der Waals surface area contributed by atoms with E-state index < -0.39 is 0 Å². The third kappa shape index (κ3) is 4.43. The van der Waals surface area contributed by atoms with E-state index in [-0.39, 0.29) is 0 Å². The Morgan fingerprint density at radius 3 is 2.30 bits per heavy atom. The lowest BCUT2D eigenvalue weighted by Crippen LogP contribution is -2.19. The third-order valence-electron chi connectivity index (χ3n) is 2.91. The molecule has 0 atom stereocenters. The van der Waals surface area contributed by atoms with Crippen molar-refractivity contribution in [3.8, 4) is 0 Å². The Morgan fingerprint density at radius 2 is 1.75 bits per heavy atom. The highest BCUT2D eigenvalue weighted by molar-refractivity contribution is 5.58. The predicted molar refractivity (Wildman–Crippen MR) is 90.6 cm³/mol. The number of rotatable bonds is 7. The molecule has 0 N–H and O–H groups in total. The second-order valence-electron chi connectivity index (χ2n) is 4.35. The van der Waals surface area contributed by atoms with Crippen LogP contribution in [0.5, 0.6) is 0 Å². The number of allylic oxidation sites excluding steroid dienone is 8. The van der Waals surface area contributed by atoms with Gasteiger partial charge in [-0.25, -0.2) is 0 Å². The van der Waals surface area contributed by atoms with Gasteiger partial charge in [-0.3, -0.25) is 0 Å². The number of nitrogens with zero attached hydrogens (tertiary/aromatic N) is 1. The summed E-state index contributed by atoms with van der Waals surface area (Å²) in [5, 5.41) is 0. The molecule has 20 heavy (non-hydrogen) atoms. The van der Waals surface area contributed by atoms with Crippen LogP contribution in [-0.2, 0) is 0 Å². The second kappa shape index (κ2) is 8.76. The summed E-state index contributed by atoms with van der Waals surface area (Å²) in [6.45, 7) is 11.8. The van der Waals surface area contributed by atoms with E-state index in [4.69, 9.17) is 0 Å². The first-order chi connectivity index (χ1) is 9.74. The predicted octanol–water partition coefficient (Wildman–Crippen LogP) is 5.62. The minimum absolute atomic E-state index is 0.942. The van der Waals surface area contributed by atoms with Crippen LogP contribution in [0.4, 0.5) is 5.69 Å². The van der Waals surface area contributed by atoms with Crippen molar-refractivity contribution < 1.29 is 0 Å². The van der Waals surface area contributed by atoms with Crippen LogP contribution in [0.2, 0.25) is 0 Å². The monoisotopic (exact) mass is 265 g/mol. The Hall–Kier alpha value is -2.28. The molecule has 0 heterocycles. The first kappa shape index (κ1) is 15.8. The molecule has 0 aliphatic heterocycles. The van der Waals surface area contributed by atoms with E-state index in [1.165, 1.54) is 5.70 Å². The molecule has 0 radical (unpaired) electrons. The van der Waals surface area contributed by atoms with Crippen molar-refractivity contribution in [2.45, 2.75) is 20.3 Å². The number of hydrogen-bond acceptors (Lipinski definition) is 1. The number of anilines is 1. The minimum Gasteiger partial charge on any atom is -0.318 e. The van der Waals surface area contributed by atoms with Gasteiger partial charge in [-0.2, -0.15) is 0 Å². The summed E-state index contributed by atoms with van der Waals surface area (Å²) in [6, 6.07) is 10.4. The van der Waals surface area contributed by atoms with Gasteiger partial charge in [0.15, 0.2) is 0 Å². The highest BCUT2D eigenvalue weighted by atomic mass is 15.1. The SMILES string of the molecule is C=C/C=C\C=C(/C)N(/C(=C/C=C)CC)c1ccccc1. The number of benzene rings is 1. The first-order valence-electron chi connectivity index (χ1n) is 6.87. The Labute approximate surface area is 122 Å². The van der Waals surface area contributed by atoms with Crippen LogP contribution in [0.1, 0.15) is 20.3 Å². The Morgan fingerprint density at radius 1 is 1.05 bits per heavy atom. The van der Waals surface area contributed by atoms with Crippen LogP contribution in [-0.4, -0.2) is 0 Å². The molecule has 0 aliphatic carbocycles. The average molecular weight is 265 g/mol. The lowest BCUT2D eigenvalue weighted by atomic mass is 10.2. The van der Waals surface area contributed by atoms with E-state index in [9.17, 15) is 0 Å². The minimum atomic E-state index is 0.942. The van der Waals surface area contributed by atoms with E-state index in [1.807, 2.05) is 24.3 Å². The number of para-hydroxylation sites is 1. The van der Waals surface area contributed by atoms with E-state index in [1.54, 1.807) is 6.08 Å². The maximum Gasteiger partial charge on any atom is 0.0455 e. The molecule has 0 unspecified atom stereocenters. The molecule has 0 saturated carbocycles. The Bertz CT molecular complexity index is 518. The van der Waals surface area contributed by atoms with E-state index in [0.717, 1.165) is 17.8 Å². The Balaban J connectivity index is 3.24. The van der Waals surface area contributed by atoms with Crippen LogP contribution in [0.25, 0.3) is 0 Å². The normalized spacial score (nSPS) is 12.5. The van der Waals surface area contributed by atoms with Gasteiger partial charge < -0.3 is 4.90 Å². The average Bonchev–Trinajstić information content (AvgIpc) is 2.48. The van der Waals surface area contributed by atoms with Crippen molar-refractivity contribution in [3.63, 3.8) is 0 Å². The standard InChI is InChI=1S/C19H23N/c1-5-8-10-14-17(4)20(18(7-3)13-6-2)19-15-11-9-12-16-19/h5-6,8-16H,1-2,7H2,3-4H3/b10-8-,17-14+,18-13+. The summed E-state index contributed by atoms with van der Waals surface area (Å²) >= 11 is 0. The fourth-order valence-corrected chi connectivity index (χ4v) is 2.01. The van der Waals surface area contributed by atoms with E-state index in [2.05, 4.69) is 68.3 Å². The molecule has 0 saturated heterocycles. The lowest BCUT2D eigenvalue weighted by molar-refractivity contribution is 0.966. The van der Waals surface area contributed by atoms with Gasteiger partial charge in [-0.15, -0.1) is 0 Å². The zero-order valence-electron chi connectivity index (χ0n) is 12.4. The molecule has 1 nitrogen and oxygen atoms in total. The summed E-state index contributed by atoms with van der Waals surface area (Å²) in [7, 11) is 0. The molecule has 0 aromatic heterocycles. The van der Waals surface area contributed by atoms with Gasteiger partial charge in [0, 0.05) is 17.1 Å². The first-order valence-corrected chi connectivity index (χ1v) is 6.87. The largest absolute Gasteiger partial charge is 0.318 e. The second-order valence-corrected chi connectivity index (χ2v) is 4.35. The molecule has 1 aromatic rings. The summed E-state index contributed by atoms with van der Waals surface area (Å²) in [4.78, 5) is 2.25. The van der Waals surface area contributed by atoms with Crippen LogP contribution in [0.3, 0.4) is 0 Å². The highest BCUT2D eigenvalue weighted by Crippen LogP contribution is 2.25. The maximum atomic E-state index is 3.81. The molecule has 1 heteroatoms. The molecule has 0 amide bonds. The third-order valence-corrected chi connectivity index (χ3v) is 2.91. The summed E-state index contributed by atoms with van der Waals surface area (Å²) in [5.74, 6) is 0. The van der Waals surface area contributed by atoms with E-state index in [0.29, 0.717) is 0 Å². The van der Waals surface area contributed by atoms with Crippen LogP contribution in [0, 0.1) is 0 Å². The van der Waals surface area contributed by atoms with Gasteiger partial charge in [0.2, 0.25) is 0 Å². The Kier molecular flexibility index (Phi) is 6.91. The molecule has 0 spiro atoms. The zero-order valence-corrected chi connectivity index (χ0v) is 12.4. The van der Waals surface area contributed by atoms with Crippen LogP contribution >= 0.6 is 0 Å². The van der Waals surface area contributed by atoms with Crippen molar-refractivity contribution >= 4 is 5.69 Å². The van der Waals surface area contributed by atoms with Crippen molar-refractivity contribution in [2.24, 2.45) is 0 Å². The molecule has 1 rings (SSSR count). The number of hydrogen-bond donors (Lipinski definition) is 0. The van der Waals surface area contributed by atoms with Gasteiger partial charge in [-0.1, -0.05) is 62.6 Å². The van der Waals surface area contributed by atoms with Gasteiger partial charge in [0.05, 0.1) is 0 Å². The summed E-state index contributed by atoms with van der Waals surface area (Å²) in [5.41, 5.74) is 3.53. The highest BCUT2D eigenvalue weighted by Gasteiger charge is 2.11. The van der Waals surface area contributed by atoms with Crippen molar-refractivity contribution in [1.82, 2.24) is 0 Å². The van der Waals surface area contributed by atoms with Gasteiger partial charge in [0.25, 0.3) is 0 Å². The van der Waals surface area contributed by atoms with Crippen LogP contribution < -0.4 is 4.90 Å². The fourth-order valence-electron chi connectivity index (χ4n) is 2.01.